The van der Waals surface area contributed by atoms with Gasteiger partial charge >= 0.3 is 0 Å². The number of rotatable bonds is 9. The van der Waals surface area contributed by atoms with Crippen LogP contribution in [0.5, 0.6) is 0 Å². The van der Waals surface area contributed by atoms with Gasteiger partial charge < -0.3 is 5.32 Å². The van der Waals surface area contributed by atoms with Crippen molar-refractivity contribution in [2.45, 2.75) is 26.7 Å². The Morgan fingerprint density at radius 1 is 1.31 bits per heavy atom. The van der Waals surface area contributed by atoms with Crippen molar-refractivity contribution in [3.05, 3.63) is 12.7 Å². The highest BCUT2D eigenvalue weighted by Crippen LogP contribution is 1.93. The normalized spacial score (nSPS) is 10.7. The third-order valence-electron chi connectivity index (χ3n) is 2.01. The lowest BCUT2D eigenvalue weighted by atomic mass is 10.3. The van der Waals surface area contributed by atoms with Crippen LogP contribution in [0, 0.1) is 0 Å². The molecule has 13 heavy (non-hydrogen) atoms. The summed E-state index contributed by atoms with van der Waals surface area (Å²) < 4.78 is 0. The largest absolute Gasteiger partial charge is 0.317 e. The number of hydrogen-bond donors (Lipinski definition) is 1. The summed E-state index contributed by atoms with van der Waals surface area (Å²) >= 11 is 0. The fraction of sp³-hybridized carbons (Fsp3) is 0.818. The van der Waals surface area contributed by atoms with Crippen LogP contribution in [0.4, 0.5) is 0 Å². The third-order valence-corrected chi connectivity index (χ3v) is 2.01. The molecule has 0 atom stereocenters. The van der Waals surface area contributed by atoms with Gasteiger partial charge in [-0.2, -0.15) is 0 Å². The molecule has 1 N–H and O–H groups in total. The van der Waals surface area contributed by atoms with Gasteiger partial charge in [-0.3, -0.25) is 4.90 Å². The van der Waals surface area contributed by atoms with Gasteiger partial charge in [0.2, 0.25) is 0 Å². The van der Waals surface area contributed by atoms with Gasteiger partial charge in [0, 0.05) is 6.54 Å². The molecule has 0 aromatic carbocycles. The summed E-state index contributed by atoms with van der Waals surface area (Å²) in [5.41, 5.74) is 0. The second-order valence-electron chi connectivity index (χ2n) is 3.30. The highest BCUT2D eigenvalue weighted by molar-refractivity contribution is 4.73. The number of hydrogen-bond acceptors (Lipinski definition) is 2. The summed E-state index contributed by atoms with van der Waals surface area (Å²) in [6, 6.07) is 0. The van der Waals surface area contributed by atoms with E-state index in [1.807, 2.05) is 6.08 Å². The SMILES string of the molecule is C=CCN(CCC)CCCNCC. The fourth-order valence-corrected chi connectivity index (χ4v) is 1.40. The van der Waals surface area contributed by atoms with Crippen LogP contribution in [0.1, 0.15) is 26.7 Å². The molecule has 0 aromatic heterocycles. The Balaban J connectivity index is 3.38. The molecular formula is C11H24N2. The van der Waals surface area contributed by atoms with Gasteiger partial charge in [0.15, 0.2) is 0 Å². The summed E-state index contributed by atoms with van der Waals surface area (Å²) in [5.74, 6) is 0. The molecule has 0 saturated carbocycles. The molecule has 0 aliphatic carbocycles. The first-order chi connectivity index (χ1) is 6.35. The molecular weight excluding hydrogens is 160 g/mol. The van der Waals surface area contributed by atoms with Crippen LogP contribution in [-0.4, -0.2) is 37.6 Å². The highest BCUT2D eigenvalue weighted by Gasteiger charge is 1.99. The molecule has 0 aliphatic rings. The molecule has 0 spiro atoms. The van der Waals surface area contributed by atoms with Crippen molar-refractivity contribution in [3.8, 4) is 0 Å². The second-order valence-corrected chi connectivity index (χ2v) is 3.30. The Morgan fingerprint density at radius 3 is 2.62 bits per heavy atom. The predicted octanol–water partition coefficient (Wildman–Crippen LogP) is 1.88. The first-order valence-electron chi connectivity index (χ1n) is 5.39. The van der Waals surface area contributed by atoms with E-state index in [1.165, 1.54) is 25.9 Å². The molecule has 0 unspecified atom stereocenters. The highest BCUT2D eigenvalue weighted by atomic mass is 15.1. The van der Waals surface area contributed by atoms with E-state index >= 15 is 0 Å². The minimum absolute atomic E-state index is 1.03. The van der Waals surface area contributed by atoms with E-state index < -0.39 is 0 Å². The predicted molar refractivity (Wildman–Crippen MR) is 60.1 cm³/mol. The van der Waals surface area contributed by atoms with Crippen molar-refractivity contribution in [3.63, 3.8) is 0 Å². The smallest absolute Gasteiger partial charge is 0.0160 e. The maximum absolute atomic E-state index is 3.77. The third kappa shape index (κ3) is 8.00. The molecule has 0 fully saturated rings. The number of nitrogens with one attached hydrogen (secondary N) is 1. The van der Waals surface area contributed by atoms with E-state index in [-0.39, 0.29) is 0 Å². The molecule has 78 valence electrons. The molecule has 2 heteroatoms. The van der Waals surface area contributed by atoms with E-state index in [2.05, 4.69) is 30.6 Å². The van der Waals surface area contributed by atoms with Gasteiger partial charge in [0.1, 0.15) is 0 Å². The monoisotopic (exact) mass is 184 g/mol. The van der Waals surface area contributed by atoms with E-state index in [0.717, 1.165) is 19.6 Å². The summed E-state index contributed by atoms with van der Waals surface area (Å²) in [4.78, 5) is 2.45. The molecule has 0 rings (SSSR count). The quantitative estimate of drug-likeness (QED) is 0.435. The average molecular weight is 184 g/mol. The first-order valence-corrected chi connectivity index (χ1v) is 5.39. The summed E-state index contributed by atoms with van der Waals surface area (Å²) in [5, 5.41) is 3.34. The van der Waals surface area contributed by atoms with E-state index in [0.29, 0.717) is 0 Å². The van der Waals surface area contributed by atoms with Gasteiger partial charge in [-0.05, 0) is 39.0 Å². The maximum atomic E-state index is 3.77. The minimum atomic E-state index is 1.03. The average Bonchev–Trinajstić information content (AvgIpc) is 2.13. The van der Waals surface area contributed by atoms with E-state index in [4.69, 9.17) is 0 Å². The van der Waals surface area contributed by atoms with Gasteiger partial charge in [-0.15, -0.1) is 6.58 Å². The van der Waals surface area contributed by atoms with E-state index in [9.17, 15) is 0 Å². The van der Waals surface area contributed by atoms with Crippen LogP contribution < -0.4 is 5.32 Å². The van der Waals surface area contributed by atoms with E-state index in [1.54, 1.807) is 0 Å². The molecule has 0 saturated heterocycles. The molecule has 0 bridgehead atoms. The van der Waals surface area contributed by atoms with Crippen molar-refractivity contribution >= 4 is 0 Å². The van der Waals surface area contributed by atoms with Gasteiger partial charge in [0.05, 0.1) is 0 Å². The van der Waals surface area contributed by atoms with Crippen molar-refractivity contribution in [1.82, 2.24) is 10.2 Å². The maximum Gasteiger partial charge on any atom is 0.0160 e. The number of nitrogens with zero attached hydrogens (tertiary/aromatic N) is 1. The van der Waals surface area contributed by atoms with Crippen LogP contribution in [0.2, 0.25) is 0 Å². The standard InChI is InChI=1S/C11H24N2/c1-4-9-13(10-5-2)11-7-8-12-6-3/h4,12H,1,5-11H2,2-3H3. The van der Waals surface area contributed by atoms with Crippen LogP contribution in [-0.2, 0) is 0 Å². The Hall–Kier alpha value is -0.340. The van der Waals surface area contributed by atoms with Crippen LogP contribution in [0.25, 0.3) is 0 Å². The van der Waals surface area contributed by atoms with Crippen molar-refractivity contribution in [2.75, 3.05) is 32.7 Å². The topological polar surface area (TPSA) is 15.3 Å². The lowest BCUT2D eigenvalue weighted by Gasteiger charge is -2.19. The lowest BCUT2D eigenvalue weighted by Crippen LogP contribution is -2.28. The fourth-order valence-electron chi connectivity index (χ4n) is 1.40. The molecule has 0 amide bonds. The second kappa shape index (κ2) is 9.75. The Labute approximate surface area is 83.0 Å². The molecule has 0 aliphatic heterocycles. The zero-order valence-corrected chi connectivity index (χ0v) is 9.18. The molecule has 0 aromatic rings. The summed E-state index contributed by atoms with van der Waals surface area (Å²) in [6.45, 7) is 13.8. The summed E-state index contributed by atoms with van der Waals surface area (Å²) in [6.07, 6.45) is 4.46. The van der Waals surface area contributed by atoms with Crippen LogP contribution in [0.15, 0.2) is 12.7 Å². The zero-order chi connectivity index (χ0) is 9.94. The zero-order valence-electron chi connectivity index (χ0n) is 9.18. The lowest BCUT2D eigenvalue weighted by molar-refractivity contribution is 0.298. The van der Waals surface area contributed by atoms with Crippen LogP contribution in [0.3, 0.4) is 0 Å². The van der Waals surface area contributed by atoms with Gasteiger partial charge in [-0.25, -0.2) is 0 Å². The van der Waals surface area contributed by atoms with Gasteiger partial charge in [-0.1, -0.05) is 19.9 Å². The Bertz CT molecular complexity index is 113. The van der Waals surface area contributed by atoms with Crippen molar-refractivity contribution < 1.29 is 0 Å². The summed E-state index contributed by atoms with van der Waals surface area (Å²) in [7, 11) is 0. The van der Waals surface area contributed by atoms with Crippen LogP contribution >= 0.6 is 0 Å². The molecule has 0 heterocycles. The van der Waals surface area contributed by atoms with Gasteiger partial charge in [0.25, 0.3) is 0 Å². The molecule has 0 radical (unpaired) electrons. The van der Waals surface area contributed by atoms with Crippen molar-refractivity contribution in [1.29, 1.82) is 0 Å². The van der Waals surface area contributed by atoms with Crippen molar-refractivity contribution in [2.24, 2.45) is 0 Å². The first kappa shape index (κ1) is 12.7. The minimum Gasteiger partial charge on any atom is -0.317 e. The Kier molecular flexibility index (Phi) is 9.49. The molecule has 2 nitrogen and oxygen atoms in total. The Morgan fingerprint density at radius 2 is 2.08 bits per heavy atom.